The first-order valence-corrected chi connectivity index (χ1v) is 7.60. The number of likely N-dealkylation sites (tertiary alicyclic amines) is 2. The minimum atomic E-state index is 0.114. The van der Waals surface area contributed by atoms with Gasteiger partial charge in [0, 0.05) is 32.1 Å². The molecule has 0 aliphatic carbocycles. The van der Waals surface area contributed by atoms with Gasteiger partial charge in [0.15, 0.2) is 0 Å². The largest absolute Gasteiger partial charge is 0.341 e. The molecule has 0 bridgehead atoms. The van der Waals surface area contributed by atoms with Gasteiger partial charge in [0.2, 0.25) is 5.91 Å². The third kappa shape index (κ3) is 3.69. The van der Waals surface area contributed by atoms with E-state index in [2.05, 4.69) is 25.8 Å². The van der Waals surface area contributed by atoms with Crippen LogP contribution >= 0.6 is 0 Å². The fourth-order valence-corrected chi connectivity index (χ4v) is 3.16. The van der Waals surface area contributed by atoms with Crippen molar-refractivity contribution in [1.29, 1.82) is 0 Å². The van der Waals surface area contributed by atoms with Crippen LogP contribution in [0, 0.1) is 11.3 Å². The number of carbonyl (C=O) groups excluding carboxylic acids is 1. The van der Waals surface area contributed by atoms with Crippen LogP contribution in [0.1, 0.15) is 39.5 Å². The van der Waals surface area contributed by atoms with Crippen LogP contribution in [0.4, 0.5) is 0 Å². The van der Waals surface area contributed by atoms with Gasteiger partial charge in [-0.3, -0.25) is 4.79 Å². The lowest BCUT2D eigenvalue weighted by atomic mass is 9.78. The average Bonchev–Trinajstić information content (AvgIpc) is 2.76. The Kier molecular flexibility index (Phi) is 4.51. The molecule has 2 aliphatic rings. The number of nitrogens with zero attached hydrogens (tertiary/aromatic N) is 2. The smallest absolute Gasteiger partial charge is 0.222 e. The summed E-state index contributed by atoms with van der Waals surface area (Å²) in [6, 6.07) is 0.114. The molecule has 2 aliphatic heterocycles. The zero-order valence-corrected chi connectivity index (χ0v) is 12.7. The highest BCUT2D eigenvalue weighted by molar-refractivity contribution is 5.76. The first-order valence-electron chi connectivity index (χ1n) is 7.60. The van der Waals surface area contributed by atoms with Crippen molar-refractivity contribution in [2.24, 2.45) is 17.1 Å². The summed E-state index contributed by atoms with van der Waals surface area (Å²) in [6.07, 6.45) is 4.01. The molecule has 0 spiro atoms. The summed E-state index contributed by atoms with van der Waals surface area (Å²) in [5.41, 5.74) is 6.35. The zero-order valence-electron chi connectivity index (χ0n) is 12.7. The van der Waals surface area contributed by atoms with Crippen molar-refractivity contribution in [2.45, 2.75) is 45.6 Å². The van der Waals surface area contributed by atoms with Crippen LogP contribution in [-0.4, -0.2) is 55.0 Å². The summed E-state index contributed by atoms with van der Waals surface area (Å²) < 4.78 is 0. The summed E-state index contributed by atoms with van der Waals surface area (Å²) in [5.74, 6) is 1.02. The number of carbonyl (C=O) groups is 1. The molecule has 0 aromatic carbocycles. The van der Waals surface area contributed by atoms with Gasteiger partial charge in [0.25, 0.3) is 0 Å². The molecule has 2 heterocycles. The summed E-state index contributed by atoms with van der Waals surface area (Å²) in [4.78, 5) is 16.6. The Hall–Kier alpha value is -0.610. The van der Waals surface area contributed by atoms with E-state index in [0.717, 1.165) is 32.5 Å². The molecule has 4 heteroatoms. The van der Waals surface area contributed by atoms with Crippen molar-refractivity contribution in [2.75, 3.05) is 33.2 Å². The van der Waals surface area contributed by atoms with Gasteiger partial charge in [0.1, 0.15) is 0 Å². The predicted molar refractivity (Wildman–Crippen MR) is 77.8 cm³/mol. The van der Waals surface area contributed by atoms with E-state index in [9.17, 15) is 4.79 Å². The fourth-order valence-electron chi connectivity index (χ4n) is 3.16. The van der Waals surface area contributed by atoms with Crippen molar-refractivity contribution in [1.82, 2.24) is 9.80 Å². The Morgan fingerprint density at radius 1 is 1.32 bits per heavy atom. The lowest BCUT2D eigenvalue weighted by molar-refractivity contribution is -0.134. The summed E-state index contributed by atoms with van der Waals surface area (Å²) in [6.45, 7) is 8.35. The minimum absolute atomic E-state index is 0.114. The summed E-state index contributed by atoms with van der Waals surface area (Å²) in [7, 11) is 2.16. The monoisotopic (exact) mass is 267 g/mol. The molecule has 0 radical (unpaired) electrons. The van der Waals surface area contributed by atoms with Gasteiger partial charge >= 0.3 is 0 Å². The third-order valence-electron chi connectivity index (χ3n) is 5.06. The Morgan fingerprint density at radius 3 is 2.63 bits per heavy atom. The van der Waals surface area contributed by atoms with Gasteiger partial charge in [-0.05, 0) is 44.2 Å². The Labute approximate surface area is 117 Å². The van der Waals surface area contributed by atoms with Gasteiger partial charge < -0.3 is 15.5 Å². The van der Waals surface area contributed by atoms with Crippen molar-refractivity contribution in [3.8, 4) is 0 Å². The minimum Gasteiger partial charge on any atom is -0.341 e. The van der Waals surface area contributed by atoms with Crippen LogP contribution < -0.4 is 5.73 Å². The van der Waals surface area contributed by atoms with Gasteiger partial charge in [-0.25, -0.2) is 0 Å². The van der Waals surface area contributed by atoms with Crippen LogP contribution in [0.3, 0.4) is 0 Å². The maximum atomic E-state index is 12.2. The van der Waals surface area contributed by atoms with Gasteiger partial charge in [-0.15, -0.1) is 0 Å². The quantitative estimate of drug-likeness (QED) is 0.838. The average molecular weight is 267 g/mol. The lowest BCUT2D eigenvalue weighted by Crippen LogP contribution is -2.54. The predicted octanol–water partition coefficient (Wildman–Crippen LogP) is 1.30. The highest BCUT2D eigenvalue weighted by Gasteiger charge is 2.34. The van der Waals surface area contributed by atoms with Gasteiger partial charge in [-0.1, -0.05) is 13.8 Å². The van der Waals surface area contributed by atoms with Crippen LogP contribution in [-0.2, 0) is 4.79 Å². The van der Waals surface area contributed by atoms with E-state index in [0.29, 0.717) is 18.2 Å². The molecule has 2 atom stereocenters. The fraction of sp³-hybridized carbons (Fsp3) is 0.933. The molecule has 19 heavy (non-hydrogen) atoms. The second kappa shape index (κ2) is 5.80. The second-order valence-corrected chi connectivity index (χ2v) is 7.14. The number of nitrogens with two attached hydrogens (primary N) is 1. The van der Waals surface area contributed by atoms with Gasteiger partial charge in [-0.2, -0.15) is 0 Å². The Balaban J connectivity index is 1.75. The SMILES string of the molecule is CN1CCC(CCC(=O)N2CCC(C)(C)C(N)C2)C1. The molecule has 2 fully saturated rings. The Morgan fingerprint density at radius 2 is 2.05 bits per heavy atom. The number of hydrogen-bond donors (Lipinski definition) is 1. The van der Waals surface area contributed by atoms with E-state index < -0.39 is 0 Å². The number of amides is 1. The van der Waals surface area contributed by atoms with Crippen LogP contribution in [0.15, 0.2) is 0 Å². The molecule has 2 rings (SSSR count). The first kappa shape index (κ1) is 14.8. The van der Waals surface area contributed by atoms with E-state index in [1.165, 1.54) is 13.0 Å². The molecule has 1 amide bonds. The van der Waals surface area contributed by atoms with Crippen molar-refractivity contribution < 1.29 is 4.79 Å². The maximum Gasteiger partial charge on any atom is 0.222 e. The standard InChI is InChI=1S/C15H29N3O/c1-15(2)7-9-18(11-13(15)16)14(19)5-4-12-6-8-17(3)10-12/h12-13H,4-11,16H2,1-3H3. The number of rotatable bonds is 3. The van der Waals surface area contributed by atoms with Crippen LogP contribution in [0.25, 0.3) is 0 Å². The van der Waals surface area contributed by atoms with Crippen molar-refractivity contribution in [3.05, 3.63) is 0 Å². The number of piperidine rings is 1. The third-order valence-corrected chi connectivity index (χ3v) is 5.06. The van der Waals surface area contributed by atoms with Crippen LogP contribution in [0.2, 0.25) is 0 Å². The lowest BCUT2D eigenvalue weighted by Gasteiger charge is -2.42. The molecule has 2 saturated heterocycles. The molecule has 4 nitrogen and oxygen atoms in total. The van der Waals surface area contributed by atoms with E-state index in [1.54, 1.807) is 0 Å². The highest BCUT2D eigenvalue weighted by Crippen LogP contribution is 2.29. The molecule has 0 saturated carbocycles. The molecular formula is C15H29N3O. The topological polar surface area (TPSA) is 49.6 Å². The van der Waals surface area contributed by atoms with Crippen LogP contribution in [0.5, 0.6) is 0 Å². The first-order chi connectivity index (χ1) is 8.88. The van der Waals surface area contributed by atoms with E-state index in [4.69, 9.17) is 5.73 Å². The highest BCUT2D eigenvalue weighted by atomic mass is 16.2. The molecule has 110 valence electrons. The number of hydrogen-bond acceptors (Lipinski definition) is 3. The molecule has 0 aromatic heterocycles. The van der Waals surface area contributed by atoms with Crippen molar-refractivity contribution in [3.63, 3.8) is 0 Å². The Bertz CT molecular complexity index is 329. The summed E-state index contributed by atoms with van der Waals surface area (Å²) >= 11 is 0. The molecule has 2 N–H and O–H groups in total. The molecular weight excluding hydrogens is 238 g/mol. The van der Waals surface area contributed by atoms with E-state index >= 15 is 0 Å². The molecule has 0 aromatic rings. The van der Waals surface area contributed by atoms with Gasteiger partial charge in [0.05, 0.1) is 0 Å². The van der Waals surface area contributed by atoms with E-state index in [-0.39, 0.29) is 11.5 Å². The maximum absolute atomic E-state index is 12.2. The van der Waals surface area contributed by atoms with E-state index in [1.807, 2.05) is 4.90 Å². The zero-order chi connectivity index (χ0) is 14.0. The molecule has 2 unspecified atom stereocenters. The second-order valence-electron chi connectivity index (χ2n) is 7.14. The van der Waals surface area contributed by atoms with Crippen molar-refractivity contribution >= 4 is 5.91 Å². The normalized spacial score (nSPS) is 31.7. The summed E-state index contributed by atoms with van der Waals surface area (Å²) in [5, 5.41) is 0.